The van der Waals surface area contributed by atoms with Crippen LogP contribution in [0.4, 0.5) is 4.79 Å². The molecular formula is C19H25N3O. The molecule has 2 aromatic rings. The minimum absolute atomic E-state index is 0.159. The molecule has 0 radical (unpaired) electrons. The second-order valence-corrected chi connectivity index (χ2v) is 6.03. The van der Waals surface area contributed by atoms with E-state index >= 15 is 0 Å². The zero-order valence-corrected chi connectivity index (χ0v) is 13.8. The number of aromatic nitrogens is 1. The fourth-order valence-corrected chi connectivity index (χ4v) is 2.41. The van der Waals surface area contributed by atoms with Crippen LogP contribution in [0.15, 0.2) is 54.7 Å². The van der Waals surface area contributed by atoms with Gasteiger partial charge < -0.3 is 10.6 Å². The quantitative estimate of drug-likeness (QED) is 0.762. The largest absolute Gasteiger partial charge is 0.338 e. The van der Waals surface area contributed by atoms with E-state index in [0.717, 1.165) is 24.1 Å². The van der Waals surface area contributed by atoms with Crippen molar-refractivity contribution in [2.45, 2.75) is 32.7 Å². The Morgan fingerprint density at radius 2 is 1.83 bits per heavy atom. The van der Waals surface area contributed by atoms with Crippen LogP contribution in [0.2, 0.25) is 0 Å². The molecule has 4 heteroatoms. The normalized spacial score (nSPS) is 12.0. The molecule has 1 unspecified atom stereocenters. The predicted octanol–water partition coefficient (Wildman–Crippen LogP) is 3.91. The Balaban J connectivity index is 2.00. The van der Waals surface area contributed by atoms with Gasteiger partial charge in [0, 0.05) is 12.7 Å². The van der Waals surface area contributed by atoms with Gasteiger partial charge in [-0.05, 0) is 36.5 Å². The third-order valence-electron chi connectivity index (χ3n) is 3.64. The van der Waals surface area contributed by atoms with E-state index in [1.54, 1.807) is 6.20 Å². The first-order valence-electron chi connectivity index (χ1n) is 8.17. The molecule has 0 fully saturated rings. The molecule has 122 valence electrons. The highest BCUT2D eigenvalue weighted by atomic mass is 16.2. The van der Waals surface area contributed by atoms with Gasteiger partial charge in [0.15, 0.2) is 0 Å². The zero-order chi connectivity index (χ0) is 16.5. The van der Waals surface area contributed by atoms with Crippen LogP contribution in [0, 0.1) is 5.92 Å². The number of amides is 2. The molecule has 2 amide bonds. The summed E-state index contributed by atoms with van der Waals surface area (Å²) in [5.41, 5.74) is 1.85. The molecule has 2 rings (SSSR count). The lowest BCUT2D eigenvalue weighted by Crippen LogP contribution is -2.39. The van der Waals surface area contributed by atoms with Crippen LogP contribution < -0.4 is 10.6 Å². The van der Waals surface area contributed by atoms with Gasteiger partial charge in [0.05, 0.1) is 11.7 Å². The SMILES string of the molecule is CC(C)CCCNC(=O)NC(c1ccccc1)c1ccccn1. The van der Waals surface area contributed by atoms with E-state index in [2.05, 4.69) is 29.5 Å². The molecule has 0 saturated carbocycles. The summed E-state index contributed by atoms with van der Waals surface area (Å²) >= 11 is 0. The van der Waals surface area contributed by atoms with Crippen LogP contribution in [0.1, 0.15) is 44.0 Å². The maximum atomic E-state index is 12.2. The van der Waals surface area contributed by atoms with Crippen molar-refractivity contribution in [3.8, 4) is 0 Å². The molecule has 1 aromatic heterocycles. The van der Waals surface area contributed by atoms with Gasteiger partial charge in [-0.1, -0.05) is 50.2 Å². The van der Waals surface area contributed by atoms with Gasteiger partial charge in [0.1, 0.15) is 0 Å². The van der Waals surface area contributed by atoms with Crippen molar-refractivity contribution in [2.24, 2.45) is 5.92 Å². The van der Waals surface area contributed by atoms with Crippen LogP contribution in [0.3, 0.4) is 0 Å². The van der Waals surface area contributed by atoms with Crippen molar-refractivity contribution >= 4 is 6.03 Å². The topological polar surface area (TPSA) is 54.0 Å². The van der Waals surface area contributed by atoms with Gasteiger partial charge in [-0.25, -0.2) is 4.79 Å². The van der Waals surface area contributed by atoms with Crippen molar-refractivity contribution < 1.29 is 4.79 Å². The second-order valence-electron chi connectivity index (χ2n) is 6.03. The number of hydrogen-bond donors (Lipinski definition) is 2. The van der Waals surface area contributed by atoms with E-state index in [1.807, 2.05) is 48.5 Å². The molecule has 0 aliphatic carbocycles. The molecule has 0 saturated heterocycles. The van der Waals surface area contributed by atoms with Crippen molar-refractivity contribution in [1.29, 1.82) is 0 Å². The monoisotopic (exact) mass is 311 g/mol. The highest BCUT2D eigenvalue weighted by Crippen LogP contribution is 2.19. The second kappa shape index (κ2) is 8.93. The molecule has 0 aliphatic rings. The Bertz CT molecular complexity index is 545. The van der Waals surface area contributed by atoms with E-state index in [1.165, 1.54) is 0 Å². The van der Waals surface area contributed by atoms with Crippen LogP contribution in [0.5, 0.6) is 0 Å². The van der Waals surface area contributed by atoms with Crippen LogP contribution in [0.25, 0.3) is 0 Å². The molecular weight excluding hydrogens is 286 g/mol. The zero-order valence-electron chi connectivity index (χ0n) is 13.8. The summed E-state index contributed by atoms with van der Waals surface area (Å²) in [7, 11) is 0. The molecule has 2 N–H and O–H groups in total. The Hall–Kier alpha value is -2.36. The molecule has 0 aliphatic heterocycles. The Morgan fingerprint density at radius 1 is 1.09 bits per heavy atom. The number of carbonyl (C=O) groups is 1. The van der Waals surface area contributed by atoms with Crippen molar-refractivity contribution in [1.82, 2.24) is 15.6 Å². The average Bonchev–Trinajstić information content (AvgIpc) is 2.58. The molecule has 23 heavy (non-hydrogen) atoms. The maximum Gasteiger partial charge on any atom is 0.315 e. The first-order chi connectivity index (χ1) is 11.2. The third kappa shape index (κ3) is 5.74. The van der Waals surface area contributed by atoms with Gasteiger partial charge in [-0.3, -0.25) is 4.98 Å². The summed E-state index contributed by atoms with van der Waals surface area (Å²) in [5.74, 6) is 0.658. The van der Waals surface area contributed by atoms with Gasteiger partial charge in [-0.15, -0.1) is 0 Å². The van der Waals surface area contributed by atoms with E-state index < -0.39 is 0 Å². The lowest BCUT2D eigenvalue weighted by atomic mass is 10.0. The van der Waals surface area contributed by atoms with Gasteiger partial charge in [-0.2, -0.15) is 0 Å². The van der Waals surface area contributed by atoms with Gasteiger partial charge in [0.2, 0.25) is 0 Å². The minimum atomic E-state index is -0.248. The van der Waals surface area contributed by atoms with Crippen molar-refractivity contribution in [3.63, 3.8) is 0 Å². The summed E-state index contributed by atoms with van der Waals surface area (Å²) in [5, 5.41) is 5.96. The Kier molecular flexibility index (Phi) is 6.60. The molecule has 0 bridgehead atoms. The predicted molar refractivity (Wildman–Crippen MR) is 93.1 cm³/mol. The van der Waals surface area contributed by atoms with Gasteiger partial charge in [0.25, 0.3) is 0 Å². The van der Waals surface area contributed by atoms with Crippen LogP contribution in [-0.4, -0.2) is 17.6 Å². The van der Waals surface area contributed by atoms with Crippen molar-refractivity contribution in [2.75, 3.05) is 6.54 Å². The number of rotatable bonds is 7. The van der Waals surface area contributed by atoms with Crippen LogP contribution >= 0.6 is 0 Å². The summed E-state index contributed by atoms with van der Waals surface area (Å²) < 4.78 is 0. The number of benzene rings is 1. The van der Waals surface area contributed by atoms with E-state index in [4.69, 9.17) is 0 Å². The van der Waals surface area contributed by atoms with Crippen molar-refractivity contribution in [3.05, 3.63) is 66.0 Å². The van der Waals surface area contributed by atoms with E-state index in [9.17, 15) is 4.79 Å². The highest BCUT2D eigenvalue weighted by Gasteiger charge is 2.17. The summed E-state index contributed by atoms with van der Waals surface area (Å²) in [6.45, 7) is 5.06. The van der Waals surface area contributed by atoms with Gasteiger partial charge >= 0.3 is 6.03 Å². The smallest absolute Gasteiger partial charge is 0.315 e. The Labute approximate surface area is 138 Å². The standard InChI is InChI=1S/C19H25N3O/c1-15(2)9-8-14-21-19(23)22-18(16-10-4-3-5-11-16)17-12-6-7-13-20-17/h3-7,10-13,15,18H,8-9,14H2,1-2H3,(H2,21,22,23). The lowest BCUT2D eigenvalue weighted by molar-refractivity contribution is 0.238. The summed E-state index contributed by atoms with van der Waals surface area (Å²) in [4.78, 5) is 16.6. The van der Waals surface area contributed by atoms with E-state index in [0.29, 0.717) is 12.5 Å². The number of carbonyl (C=O) groups excluding carboxylic acids is 1. The molecule has 1 heterocycles. The number of nitrogens with one attached hydrogen (secondary N) is 2. The summed E-state index contributed by atoms with van der Waals surface area (Å²) in [6.07, 6.45) is 3.85. The number of nitrogens with zero attached hydrogens (tertiary/aromatic N) is 1. The first kappa shape index (κ1) is 17.0. The maximum absolute atomic E-state index is 12.2. The molecule has 1 aromatic carbocycles. The molecule has 0 spiro atoms. The molecule has 1 atom stereocenters. The lowest BCUT2D eigenvalue weighted by Gasteiger charge is -2.19. The van der Waals surface area contributed by atoms with E-state index in [-0.39, 0.29) is 12.1 Å². The first-order valence-corrected chi connectivity index (χ1v) is 8.17. The molecule has 4 nitrogen and oxygen atoms in total. The third-order valence-corrected chi connectivity index (χ3v) is 3.64. The highest BCUT2D eigenvalue weighted by molar-refractivity contribution is 5.74. The Morgan fingerprint density at radius 3 is 2.48 bits per heavy atom. The minimum Gasteiger partial charge on any atom is -0.338 e. The summed E-state index contributed by atoms with van der Waals surface area (Å²) in [6, 6.07) is 15.2. The fraction of sp³-hybridized carbons (Fsp3) is 0.368. The number of pyridine rings is 1. The fourth-order valence-electron chi connectivity index (χ4n) is 2.41. The number of urea groups is 1. The van der Waals surface area contributed by atoms with Crippen LogP contribution in [-0.2, 0) is 0 Å². The number of hydrogen-bond acceptors (Lipinski definition) is 2. The average molecular weight is 311 g/mol.